The molecule has 0 aliphatic carbocycles. The van der Waals surface area contributed by atoms with Gasteiger partial charge in [-0.05, 0) is 42.0 Å². The van der Waals surface area contributed by atoms with Gasteiger partial charge in [0, 0.05) is 6.04 Å². The Morgan fingerprint density at radius 1 is 1.15 bits per heavy atom. The predicted molar refractivity (Wildman–Crippen MR) is 86.9 cm³/mol. The monoisotopic (exact) mass is 289 g/mol. The first-order chi connectivity index (χ1) is 9.65. The smallest absolute Gasteiger partial charge is 0.134 e. The van der Waals surface area contributed by atoms with Crippen molar-refractivity contribution in [1.29, 1.82) is 0 Å². The molecule has 2 rings (SSSR count). The molecule has 3 heteroatoms. The largest absolute Gasteiger partial charge is 0.496 e. The Morgan fingerprint density at radius 3 is 2.40 bits per heavy atom. The molecule has 2 aromatic rings. The molecular formula is C17H23NOS. The van der Waals surface area contributed by atoms with Crippen molar-refractivity contribution >= 4 is 11.3 Å². The molecule has 1 aromatic carbocycles. The van der Waals surface area contributed by atoms with Crippen molar-refractivity contribution in [2.24, 2.45) is 0 Å². The quantitative estimate of drug-likeness (QED) is 0.852. The van der Waals surface area contributed by atoms with Crippen LogP contribution in [-0.4, -0.2) is 14.2 Å². The zero-order chi connectivity index (χ0) is 14.5. The van der Waals surface area contributed by atoms with Crippen LogP contribution in [0.3, 0.4) is 0 Å². The summed E-state index contributed by atoms with van der Waals surface area (Å²) in [4.78, 5) is 1.27. The average molecular weight is 289 g/mol. The molecule has 0 amide bonds. The molecule has 1 unspecified atom stereocenters. The van der Waals surface area contributed by atoms with Gasteiger partial charge in [0.2, 0.25) is 0 Å². The summed E-state index contributed by atoms with van der Waals surface area (Å²) in [6.07, 6.45) is 0.978. The fourth-order valence-corrected chi connectivity index (χ4v) is 3.30. The molecule has 20 heavy (non-hydrogen) atoms. The summed E-state index contributed by atoms with van der Waals surface area (Å²) in [6, 6.07) is 11.3. The van der Waals surface area contributed by atoms with Crippen LogP contribution in [0.15, 0.2) is 35.7 Å². The lowest BCUT2D eigenvalue weighted by Gasteiger charge is -2.17. The van der Waals surface area contributed by atoms with E-state index < -0.39 is 0 Å². The second-order valence-electron chi connectivity index (χ2n) is 5.29. The molecular weight excluding hydrogens is 266 g/mol. The standard InChI is InChI=1S/C17H23NOS/c1-12(2)14-7-5-13(6-8-14)11-15(18-3)17-16(19-4)9-10-20-17/h5-10,12,15,18H,11H2,1-4H3. The van der Waals surface area contributed by atoms with E-state index in [1.165, 1.54) is 16.0 Å². The van der Waals surface area contributed by atoms with E-state index in [1.54, 1.807) is 18.4 Å². The highest BCUT2D eigenvalue weighted by molar-refractivity contribution is 7.10. The summed E-state index contributed by atoms with van der Waals surface area (Å²) in [5, 5.41) is 5.48. The third kappa shape index (κ3) is 3.41. The van der Waals surface area contributed by atoms with Crippen LogP contribution in [-0.2, 0) is 6.42 Å². The van der Waals surface area contributed by atoms with Crippen LogP contribution < -0.4 is 10.1 Å². The first-order valence-corrected chi connectivity index (χ1v) is 7.91. The number of hydrogen-bond donors (Lipinski definition) is 1. The Kier molecular flexibility index (Phi) is 5.21. The predicted octanol–water partition coefficient (Wildman–Crippen LogP) is 4.38. The van der Waals surface area contributed by atoms with Gasteiger partial charge >= 0.3 is 0 Å². The number of likely N-dealkylation sites (N-methyl/N-ethyl adjacent to an activating group) is 1. The van der Waals surface area contributed by atoms with E-state index in [9.17, 15) is 0 Å². The molecule has 0 radical (unpaired) electrons. The number of hydrogen-bond acceptors (Lipinski definition) is 3. The van der Waals surface area contributed by atoms with Crippen molar-refractivity contribution in [2.45, 2.75) is 32.2 Å². The minimum Gasteiger partial charge on any atom is -0.496 e. The SMILES string of the molecule is CNC(Cc1ccc(C(C)C)cc1)c1sccc1OC. The van der Waals surface area contributed by atoms with Gasteiger partial charge in [0.1, 0.15) is 5.75 Å². The molecule has 0 fully saturated rings. The van der Waals surface area contributed by atoms with Crippen molar-refractivity contribution in [3.05, 3.63) is 51.7 Å². The Morgan fingerprint density at radius 2 is 1.85 bits per heavy atom. The summed E-state index contributed by atoms with van der Waals surface area (Å²) in [5.41, 5.74) is 2.74. The zero-order valence-corrected chi connectivity index (χ0v) is 13.5. The Hall–Kier alpha value is -1.32. The Labute approximate surface area is 125 Å². The topological polar surface area (TPSA) is 21.3 Å². The Bertz CT molecular complexity index is 530. The fraction of sp³-hybridized carbons (Fsp3) is 0.412. The first kappa shape index (κ1) is 15.1. The van der Waals surface area contributed by atoms with Crippen LogP contribution in [0.2, 0.25) is 0 Å². The van der Waals surface area contributed by atoms with Crippen LogP contribution in [0.5, 0.6) is 5.75 Å². The van der Waals surface area contributed by atoms with Crippen LogP contribution in [0.25, 0.3) is 0 Å². The van der Waals surface area contributed by atoms with Gasteiger partial charge < -0.3 is 10.1 Å². The molecule has 2 nitrogen and oxygen atoms in total. The maximum atomic E-state index is 5.43. The van der Waals surface area contributed by atoms with Crippen molar-refractivity contribution in [3.63, 3.8) is 0 Å². The molecule has 108 valence electrons. The molecule has 1 aromatic heterocycles. The van der Waals surface area contributed by atoms with Gasteiger partial charge in [0.25, 0.3) is 0 Å². The second-order valence-corrected chi connectivity index (χ2v) is 6.24. The molecule has 0 aliphatic heterocycles. The number of thiophene rings is 1. The van der Waals surface area contributed by atoms with Crippen LogP contribution in [0.4, 0.5) is 0 Å². The van der Waals surface area contributed by atoms with Crippen molar-refractivity contribution in [2.75, 3.05) is 14.2 Å². The second kappa shape index (κ2) is 6.91. The average Bonchev–Trinajstić information content (AvgIpc) is 2.93. The molecule has 0 bridgehead atoms. The summed E-state index contributed by atoms with van der Waals surface area (Å²) in [7, 11) is 3.74. The lowest BCUT2D eigenvalue weighted by molar-refractivity contribution is 0.405. The van der Waals surface area contributed by atoms with Crippen molar-refractivity contribution in [1.82, 2.24) is 5.32 Å². The molecule has 0 aliphatic rings. The van der Waals surface area contributed by atoms with Gasteiger partial charge in [-0.1, -0.05) is 38.1 Å². The summed E-state index contributed by atoms with van der Waals surface area (Å²) in [6.45, 7) is 4.45. The third-order valence-electron chi connectivity index (χ3n) is 3.63. The molecule has 0 spiro atoms. The molecule has 0 saturated carbocycles. The van der Waals surface area contributed by atoms with E-state index in [0.717, 1.165) is 12.2 Å². The third-order valence-corrected chi connectivity index (χ3v) is 4.64. The van der Waals surface area contributed by atoms with Crippen LogP contribution in [0, 0.1) is 0 Å². The normalized spacial score (nSPS) is 12.7. The lowest BCUT2D eigenvalue weighted by atomic mass is 9.98. The molecule has 0 saturated heterocycles. The number of benzene rings is 1. The van der Waals surface area contributed by atoms with Gasteiger partial charge in [0.15, 0.2) is 0 Å². The number of ether oxygens (including phenoxy) is 1. The summed E-state index contributed by atoms with van der Waals surface area (Å²) in [5.74, 6) is 1.56. The van der Waals surface area contributed by atoms with Crippen molar-refractivity contribution < 1.29 is 4.74 Å². The van der Waals surface area contributed by atoms with Gasteiger partial charge in [-0.2, -0.15) is 0 Å². The highest BCUT2D eigenvalue weighted by Crippen LogP contribution is 2.32. The van der Waals surface area contributed by atoms with E-state index in [2.05, 4.69) is 48.8 Å². The summed E-state index contributed by atoms with van der Waals surface area (Å²) < 4.78 is 5.43. The van der Waals surface area contributed by atoms with E-state index in [1.807, 2.05) is 13.1 Å². The molecule has 1 N–H and O–H groups in total. The van der Waals surface area contributed by atoms with E-state index >= 15 is 0 Å². The number of nitrogens with one attached hydrogen (secondary N) is 1. The first-order valence-electron chi connectivity index (χ1n) is 7.03. The van der Waals surface area contributed by atoms with Gasteiger partial charge in [-0.3, -0.25) is 0 Å². The van der Waals surface area contributed by atoms with Gasteiger partial charge in [-0.25, -0.2) is 0 Å². The zero-order valence-electron chi connectivity index (χ0n) is 12.6. The van der Waals surface area contributed by atoms with Crippen molar-refractivity contribution in [3.8, 4) is 5.75 Å². The minimum atomic E-state index is 0.301. The maximum Gasteiger partial charge on any atom is 0.134 e. The number of rotatable bonds is 6. The highest BCUT2D eigenvalue weighted by Gasteiger charge is 2.16. The molecule has 1 atom stereocenters. The van der Waals surface area contributed by atoms with E-state index in [-0.39, 0.29) is 0 Å². The molecule has 1 heterocycles. The highest BCUT2D eigenvalue weighted by atomic mass is 32.1. The number of methoxy groups -OCH3 is 1. The fourth-order valence-electron chi connectivity index (χ4n) is 2.33. The van der Waals surface area contributed by atoms with E-state index in [0.29, 0.717) is 12.0 Å². The minimum absolute atomic E-state index is 0.301. The van der Waals surface area contributed by atoms with Gasteiger partial charge in [0.05, 0.1) is 12.0 Å². The van der Waals surface area contributed by atoms with Gasteiger partial charge in [-0.15, -0.1) is 11.3 Å². The Balaban J connectivity index is 2.14. The van der Waals surface area contributed by atoms with Crippen LogP contribution >= 0.6 is 11.3 Å². The summed E-state index contributed by atoms with van der Waals surface area (Å²) >= 11 is 1.75. The maximum absolute atomic E-state index is 5.43. The lowest BCUT2D eigenvalue weighted by Crippen LogP contribution is -2.18. The van der Waals surface area contributed by atoms with E-state index in [4.69, 9.17) is 4.74 Å². The van der Waals surface area contributed by atoms with Crippen LogP contribution in [0.1, 0.15) is 41.8 Å².